The second kappa shape index (κ2) is 8.10. The zero-order chi connectivity index (χ0) is 13.5. The first-order chi connectivity index (χ1) is 9.29. The molecule has 4 heteroatoms. The van der Waals surface area contributed by atoms with Crippen molar-refractivity contribution in [1.82, 2.24) is 5.32 Å². The summed E-state index contributed by atoms with van der Waals surface area (Å²) in [6, 6.07) is 13.3. The van der Waals surface area contributed by atoms with Gasteiger partial charge in [-0.15, -0.1) is 23.1 Å². The van der Waals surface area contributed by atoms with Gasteiger partial charge in [-0.1, -0.05) is 25.1 Å². The summed E-state index contributed by atoms with van der Waals surface area (Å²) in [5, 5.41) is 5.73. The van der Waals surface area contributed by atoms with E-state index in [-0.39, 0.29) is 0 Å². The van der Waals surface area contributed by atoms with E-state index in [2.05, 4.69) is 69.9 Å². The summed E-state index contributed by atoms with van der Waals surface area (Å²) < 4.78 is 1.19. The van der Waals surface area contributed by atoms with Gasteiger partial charge in [-0.25, -0.2) is 0 Å². The van der Waals surface area contributed by atoms with Crippen molar-refractivity contribution in [3.05, 3.63) is 51.1 Å². The number of thioether (sulfide) groups is 1. The Kier molecular flexibility index (Phi) is 6.44. The minimum Gasteiger partial charge on any atom is -0.313 e. The van der Waals surface area contributed by atoms with E-state index in [1.54, 1.807) is 0 Å². The standard InChI is InChI=1S/C15H18BrNS2/c1-2-17-12(10-13-6-5-9-18-13)11-19-15-8-4-3-7-14(15)16/h3-9,12,17H,2,10-11H2,1H3. The number of thiophene rings is 1. The lowest BCUT2D eigenvalue weighted by molar-refractivity contribution is 0.576. The van der Waals surface area contributed by atoms with Gasteiger partial charge in [-0.3, -0.25) is 0 Å². The van der Waals surface area contributed by atoms with Crippen LogP contribution >= 0.6 is 39.0 Å². The average Bonchev–Trinajstić information content (AvgIpc) is 2.91. The summed E-state index contributed by atoms with van der Waals surface area (Å²) >= 11 is 7.36. The Morgan fingerprint density at radius 1 is 1.26 bits per heavy atom. The lowest BCUT2D eigenvalue weighted by atomic mass is 10.2. The van der Waals surface area contributed by atoms with Crippen LogP contribution in [0.3, 0.4) is 0 Å². The first-order valence-electron chi connectivity index (χ1n) is 6.42. The highest BCUT2D eigenvalue weighted by Crippen LogP contribution is 2.28. The molecule has 1 unspecified atom stereocenters. The molecular formula is C15H18BrNS2. The number of likely N-dealkylation sites (N-methyl/N-ethyl adjacent to an activating group) is 1. The molecule has 19 heavy (non-hydrogen) atoms. The quantitative estimate of drug-likeness (QED) is 0.714. The van der Waals surface area contributed by atoms with Crippen molar-refractivity contribution >= 4 is 39.0 Å². The van der Waals surface area contributed by atoms with Crippen LogP contribution < -0.4 is 5.32 Å². The van der Waals surface area contributed by atoms with Gasteiger partial charge in [0.25, 0.3) is 0 Å². The van der Waals surface area contributed by atoms with Crippen LogP contribution in [0.5, 0.6) is 0 Å². The van der Waals surface area contributed by atoms with E-state index >= 15 is 0 Å². The Balaban J connectivity index is 1.91. The Morgan fingerprint density at radius 3 is 2.79 bits per heavy atom. The fraction of sp³-hybridized carbons (Fsp3) is 0.333. The van der Waals surface area contributed by atoms with E-state index in [0.717, 1.165) is 18.7 Å². The highest BCUT2D eigenvalue weighted by atomic mass is 79.9. The highest BCUT2D eigenvalue weighted by Gasteiger charge is 2.10. The summed E-state index contributed by atoms with van der Waals surface area (Å²) in [6.45, 7) is 3.19. The van der Waals surface area contributed by atoms with Gasteiger partial charge in [0.15, 0.2) is 0 Å². The van der Waals surface area contributed by atoms with Gasteiger partial charge >= 0.3 is 0 Å². The molecule has 1 aromatic carbocycles. The zero-order valence-electron chi connectivity index (χ0n) is 10.9. The van der Waals surface area contributed by atoms with Gasteiger partial charge in [0.05, 0.1) is 0 Å². The van der Waals surface area contributed by atoms with Crippen molar-refractivity contribution < 1.29 is 0 Å². The van der Waals surface area contributed by atoms with E-state index in [1.165, 1.54) is 14.2 Å². The maximum atomic E-state index is 3.61. The second-order valence-corrected chi connectivity index (χ2v) is 7.23. The van der Waals surface area contributed by atoms with E-state index in [1.807, 2.05) is 23.1 Å². The van der Waals surface area contributed by atoms with Crippen LogP contribution in [0, 0.1) is 0 Å². The topological polar surface area (TPSA) is 12.0 Å². The van der Waals surface area contributed by atoms with Gasteiger partial charge in [0, 0.05) is 26.0 Å². The van der Waals surface area contributed by atoms with Crippen LogP contribution in [-0.2, 0) is 6.42 Å². The smallest absolute Gasteiger partial charge is 0.0311 e. The Hall–Kier alpha value is -0.290. The van der Waals surface area contributed by atoms with Crippen molar-refractivity contribution in [2.75, 3.05) is 12.3 Å². The minimum atomic E-state index is 0.528. The normalized spacial score (nSPS) is 12.5. The molecular weight excluding hydrogens is 338 g/mol. The molecule has 0 saturated heterocycles. The Morgan fingerprint density at radius 2 is 2.11 bits per heavy atom. The third-order valence-electron chi connectivity index (χ3n) is 2.80. The van der Waals surface area contributed by atoms with Gasteiger partial charge in [0.2, 0.25) is 0 Å². The largest absolute Gasteiger partial charge is 0.313 e. The third-order valence-corrected chi connectivity index (χ3v) is 5.89. The van der Waals surface area contributed by atoms with Crippen LogP contribution in [-0.4, -0.2) is 18.3 Å². The van der Waals surface area contributed by atoms with Crippen LogP contribution in [0.4, 0.5) is 0 Å². The second-order valence-electron chi connectivity index (χ2n) is 4.28. The predicted molar refractivity (Wildman–Crippen MR) is 90.4 cm³/mol. The first-order valence-corrected chi connectivity index (χ1v) is 9.08. The molecule has 0 amide bonds. The molecule has 0 spiro atoms. The maximum Gasteiger partial charge on any atom is 0.0311 e. The minimum absolute atomic E-state index is 0.528. The van der Waals surface area contributed by atoms with Crippen molar-refractivity contribution in [1.29, 1.82) is 0 Å². The molecule has 0 radical (unpaired) electrons. The maximum absolute atomic E-state index is 3.61. The summed E-state index contributed by atoms with van der Waals surface area (Å²) in [6.07, 6.45) is 1.11. The highest BCUT2D eigenvalue weighted by molar-refractivity contribution is 9.10. The number of benzene rings is 1. The molecule has 0 bridgehead atoms. The van der Waals surface area contributed by atoms with Crippen molar-refractivity contribution in [2.24, 2.45) is 0 Å². The molecule has 2 rings (SSSR count). The third kappa shape index (κ3) is 4.95. The summed E-state index contributed by atoms with van der Waals surface area (Å²) in [4.78, 5) is 2.77. The van der Waals surface area contributed by atoms with Crippen LogP contribution in [0.25, 0.3) is 0 Å². The van der Waals surface area contributed by atoms with Gasteiger partial charge < -0.3 is 5.32 Å². The summed E-state index contributed by atoms with van der Waals surface area (Å²) in [5.74, 6) is 1.09. The zero-order valence-corrected chi connectivity index (χ0v) is 14.2. The Bertz CT molecular complexity index is 485. The monoisotopic (exact) mass is 355 g/mol. The van der Waals surface area contributed by atoms with E-state index < -0.39 is 0 Å². The van der Waals surface area contributed by atoms with Crippen LogP contribution in [0.2, 0.25) is 0 Å². The molecule has 0 fully saturated rings. The molecule has 0 aliphatic rings. The molecule has 0 aliphatic carbocycles. The van der Waals surface area contributed by atoms with Crippen molar-refractivity contribution in [2.45, 2.75) is 24.3 Å². The molecule has 1 heterocycles. The number of rotatable bonds is 7. The van der Waals surface area contributed by atoms with Gasteiger partial charge in [-0.2, -0.15) is 0 Å². The lowest BCUT2D eigenvalue weighted by Gasteiger charge is -2.17. The lowest BCUT2D eigenvalue weighted by Crippen LogP contribution is -2.32. The molecule has 0 saturated carbocycles. The average molecular weight is 356 g/mol. The number of nitrogens with one attached hydrogen (secondary N) is 1. The molecule has 2 aromatic rings. The van der Waals surface area contributed by atoms with Crippen LogP contribution in [0.15, 0.2) is 51.1 Å². The molecule has 1 nitrogen and oxygen atoms in total. The van der Waals surface area contributed by atoms with Crippen molar-refractivity contribution in [3.8, 4) is 0 Å². The van der Waals surface area contributed by atoms with Gasteiger partial charge in [-0.05, 0) is 52.5 Å². The molecule has 0 aliphatic heterocycles. The fourth-order valence-electron chi connectivity index (χ4n) is 1.90. The SMILES string of the molecule is CCNC(CSc1ccccc1Br)Cc1cccs1. The summed E-state index contributed by atoms with van der Waals surface area (Å²) in [7, 11) is 0. The van der Waals surface area contributed by atoms with E-state index in [0.29, 0.717) is 6.04 Å². The van der Waals surface area contributed by atoms with Gasteiger partial charge in [0.1, 0.15) is 0 Å². The predicted octanol–water partition coefficient (Wildman–Crippen LogP) is 4.82. The first kappa shape index (κ1) is 15.1. The van der Waals surface area contributed by atoms with Crippen LogP contribution in [0.1, 0.15) is 11.8 Å². The number of hydrogen-bond acceptors (Lipinski definition) is 3. The number of hydrogen-bond donors (Lipinski definition) is 1. The molecule has 1 N–H and O–H groups in total. The Labute approximate surface area is 131 Å². The molecule has 1 atom stereocenters. The molecule has 102 valence electrons. The van der Waals surface area contributed by atoms with E-state index in [4.69, 9.17) is 0 Å². The van der Waals surface area contributed by atoms with Crippen molar-refractivity contribution in [3.63, 3.8) is 0 Å². The fourth-order valence-corrected chi connectivity index (χ4v) is 4.31. The molecule has 1 aromatic heterocycles. The van der Waals surface area contributed by atoms with E-state index in [9.17, 15) is 0 Å². The number of halogens is 1. The summed E-state index contributed by atoms with van der Waals surface area (Å²) in [5.41, 5.74) is 0.